The van der Waals surface area contributed by atoms with E-state index in [1.54, 1.807) is 6.92 Å². The summed E-state index contributed by atoms with van der Waals surface area (Å²) in [5.74, 6) is 0. The van der Waals surface area contributed by atoms with Crippen LogP contribution in [0.15, 0.2) is 23.1 Å². The number of nitrogens with zero attached hydrogens (tertiary/aromatic N) is 1. The first-order chi connectivity index (χ1) is 8.50. The maximum absolute atomic E-state index is 8.95. The number of hydrogen-bond donors (Lipinski definition) is 1. The van der Waals surface area contributed by atoms with Gasteiger partial charge < -0.3 is 5.73 Å². The van der Waals surface area contributed by atoms with Gasteiger partial charge in [-0.3, -0.25) is 0 Å². The molecule has 96 valence electrons. The van der Waals surface area contributed by atoms with Gasteiger partial charge in [-0.05, 0) is 55.9 Å². The minimum Gasteiger partial charge on any atom is -0.314 e. The maximum atomic E-state index is 8.95. The standard InChI is InChI=1S/C15H20N2S/c1-11(9-15(2,17)10-16)18-14-7-6-12-4-3-5-13(12)8-14/h6-8,11H,3-5,9,17H2,1-2H3. The summed E-state index contributed by atoms with van der Waals surface area (Å²) in [4.78, 5) is 1.30. The largest absolute Gasteiger partial charge is 0.314 e. The first-order valence-electron chi connectivity index (χ1n) is 6.49. The zero-order chi connectivity index (χ0) is 13.2. The molecule has 1 aliphatic carbocycles. The highest BCUT2D eigenvalue weighted by atomic mass is 32.2. The van der Waals surface area contributed by atoms with Crippen molar-refractivity contribution < 1.29 is 0 Å². The molecular weight excluding hydrogens is 240 g/mol. The predicted octanol–water partition coefficient (Wildman–Crippen LogP) is 3.29. The Hall–Kier alpha value is -0.980. The van der Waals surface area contributed by atoms with E-state index in [2.05, 4.69) is 31.2 Å². The average Bonchev–Trinajstić information content (AvgIpc) is 2.75. The topological polar surface area (TPSA) is 49.8 Å². The van der Waals surface area contributed by atoms with Crippen LogP contribution < -0.4 is 5.73 Å². The summed E-state index contributed by atoms with van der Waals surface area (Å²) in [7, 11) is 0. The van der Waals surface area contributed by atoms with Gasteiger partial charge in [0.05, 0.1) is 6.07 Å². The van der Waals surface area contributed by atoms with Crippen LogP contribution >= 0.6 is 11.8 Å². The minimum absolute atomic E-state index is 0.360. The summed E-state index contributed by atoms with van der Waals surface area (Å²) < 4.78 is 0. The Balaban J connectivity index is 2.00. The highest BCUT2D eigenvalue weighted by molar-refractivity contribution is 7.99. The van der Waals surface area contributed by atoms with Gasteiger partial charge in [-0.2, -0.15) is 5.26 Å². The minimum atomic E-state index is -0.719. The third kappa shape index (κ3) is 3.28. The Morgan fingerprint density at radius 2 is 2.17 bits per heavy atom. The summed E-state index contributed by atoms with van der Waals surface area (Å²) in [5, 5.41) is 9.31. The molecule has 18 heavy (non-hydrogen) atoms. The molecular formula is C15H20N2S. The zero-order valence-electron chi connectivity index (χ0n) is 11.1. The fraction of sp³-hybridized carbons (Fsp3) is 0.533. The highest BCUT2D eigenvalue weighted by Gasteiger charge is 2.22. The second-order valence-corrected chi connectivity index (χ2v) is 6.96. The van der Waals surface area contributed by atoms with Crippen molar-refractivity contribution in [2.24, 2.45) is 5.73 Å². The molecule has 3 heteroatoms. The molecule has 0 bridgehead atoms. The Morgan fingerprint density at radius 1 is 1.44 bits per heavy atom. The van der Waals surface area contributed by atoms with Crippen LogP contribution in [0, 0.1) is 11.3 Å². The maximum Gasteiger partial charge on any atom is 0.102 e. The van der Waals surface area contributed by atoms with Crippen LogP contribution in [0.3, 0.4) is 0 Å². The van der Waals surface area contributed by atoms with Crippen molar-refractivity contribution in [2.45, 2.75) is 55.2 Å². The summed E-state index contributed by atoms with van der Waals surface area (Å²) in [6.07, 6.45) is 4.44. The Bertz CT molecular complexity index is 474. The van der Waals surface area contributed by atoms with Crippen LogP contribution in [0.2, 0.25) is 0 Å². The van der Waals surface area contributed by atoms with Crippen molar-refractivity contribution in [2.75, 3.05) is 0 Å². The second kappa shape index (κ2) is 5.34. The Morgan fingerprint density at radius 3 is 2.89 bits per heavy atom. The number of hydrogen-bond acceptors (Lipinski definition) is 3. The summed E-state index contributed by atoms with van der Waals surface area (Å²) in [6.45, 7) is 3.94. The number of benzene rings is 1. The lowest BCUT2D eigenvalue weighted by molar-refractivity contribution is 0.545. The van der Waals surface area contributed by atoms with Crippen molar-refractivity contribution in [3.05, 3.63) is 29.3 Å². The first-order valence-corrected chi connectivity index (χ1v) is 7.37. The van der Waals surface area contributed by atoms with E-state index in [4.69, 9.17) is 11.0 Å². The summed E-state index contributed by atoms with van der Waals surface area (Å²) >= 11 is 1.82. The second-order valence-electron chi connectivity index (χ2n) is 5.45. The number of nitrogens with two attached hydrogens (primary N) is 1. The first kappa shape index (κ1) is 13.5. The highest BCUT2D eigenvalue weighted by Crippen LogP contribution is 2.31. The monoisotopic (exact) mass is 260 g/mol. The van der Waals surface area contributed by atoms with Gasteiger partial charge in [0.15, 0.2) is 0 Å². The molecule has 2 unspecified atom stereocenters. The van der Waals surface area contributed by atoms with Gasteiger partial charge in [-0.25, -0.2) is 0 Å². The summed E-state index contributed by atoms with van der Waals surface area (Å²) in [5.41, 5.74) is 8.18. The van der Waals surface area contributed by atoms with Gasteiger partial charge in [-0.1, -0.05) is 13.0 Å². The van der Waals surface area contributed by atoms with Crippen LogP contribution in [0.4, 0.5) is 0 Å². The SMILES string of the molecule is CC(CC(C)(N)C#N)Sc1ccc2c(c1)CCC2. The number of fused-ring (bicyclic) bond motifs is 1. The molecule has 0 radical (unpaired) electrons. The number of nitriles is 1. The van der Waals surface area contributed by atoms with Crippen molar-refractivity contribution in [3.63, 3.8) is 0 Å². The van der Waals surface area contributed by atoms with E-state index in [9.17, 15) is 0 Å². The van der Waals surface area contributed by atoms with Gasteiger partial charge in [0.2, 0.25) is 0 Å². The van der Waals surface area contributed by atoms with Crippen LogP contribution in [0.5, 0.6) is 0 Å². The molecule has 0 fully saturated rings. The molecule has 2 atom stereocenters. The van der Waals surface area contributed by atoms with Gasteiger partial charge in [0, 0.05) is 10.1 Å². The quantitative estimate of drug-likeness (QED) is 0.845. The van der Waals surface area contributed by atoms with Crippen molar-refractivity contribution in [1.82, 2.24) is 0 Å². The zero-order valence-corrected chi connectivity index (χ0v) is 11.9. The molecule has 0 aliphatic heterocycles. The smallest absolute Gasteiger partial charge is 0.102 e. The molecule has 2 nitrogen and oxygen atoms in total. The molecule has 1 aromatic rings. The third-order valence-electron chi connectivity index (χ3n) is 3.37. The fourth-order valence-electron chi connectivity index (χ4n) is 2.54. The molecule has 2 N–H and O–H groups in total. The Kier molecular flexibility index (Phi) is 3.99. The molecule has 0 spiro atoms. The molecule has 2 rings (SSSR count). The Labute approximate surface area is 114 Å². The van der Waals surface area contributed by atoms with Crippen molar-refractivity contribution in [1.29, 1.82) is 5.26 Å². The number of rotatable bonds is 4. The van der Waals surface area contributed by atoms with Gasteiger partial charge in [0.25, 0.3) is 0 Å². The summed E-state index contributed by atoms with van der Waals surface area (Å²) in [6, 6.07) is 8.93. The normalized spacial score (nSPS) is 18.8. The van der Waals surface area contributed by atoms with Crippen LogP contribution in [-0.2, 0) is 12.8 Å². The van der Waals surface area contributed by atoms with E-state index in [-0.39, 0.29) is 0 Å². The van der Waals surface area contributed by atoms with Crippen LogP contribution in [0.1, 0.15) is 37.8 Å². The predicted molar refractivity (Wildman–Crippen MR) is 76.6 cm³/mol. The van der Waals surface area contributed by atoms with E-state index < -0.39 is 5.54 Å². The van der Waals surface area contributed by atoms with Gasteiger partial charge in [0.1, 0.15) is 5.54 Å². The van der Waals surface area contributed by atoms with E-state index in [1.165, 1.54) is 35.3 Å². The molecule has 1 aliphatic rings. The van der Waals surface area contributed by atoms with E-state index in [0.717, 1.165) is 0 Å². The molecule has 0 saturated heterocycles. The van der Waals surface area contributed by atoms with Gasteiger partial charge in [-0.15, -0.1) is 11.8 Å². The van der Waals surface area contributed by atoms with E-state index in [0.29, 0.717) is 11.7 Å². The molecule has 0 heterocycles. The molecule has 0 aromatic heterocycles. The number of thioether (sulfide) groups is 1. The lowest BCUT2D eigenvalue weighted by Crippen LogP contribution is -2.36. The lowest BCUT2D eigenvalue weighted by Gasteiger charge is -2.20. The van der Waals surface area contributed by atoms with Crippen molar-refractivity contribution >= 4 is 11.8 Å². The van der Waals surface area contributed by atoms with Crippen molar-refractivity contribution in [3.8, 4) is 6.07 Å². The van der Waals surface area contributed by atoms with E-state index >= 15 is 0 Å². The molecule has 0 saturated carbocycles. The lowest BCUT2D eigenvalue weighted by atomic mass is 10.00. The fourth-order valence-corrected chi connectivity index (χ4v) is 3.79. The molecule has 0 amide bonds. The third-order valence-corrected chi connectivity index (χ3v) is 4.47. The van der Waals surface area contributed by atoms with Crippen LogP contribution in [-0.4, -0.2) is 10.8 Å². The van der Waals surface area contributed by atoms with E-state index in [1.807, 2.05) is 11.8 Å². The van der Waals surface area contributed by atoms with Crippen LogP contribution in [0.25, 0.3) is 0 Å². The molecule has 1 aromatic carbocycles. The van der Waals surface area contributed by atoms with Gasteiger partial charge >= 0.3 is 0 Å². The average molecular weight is 260 g/mol. The number of aryl methyl sites for hydroxylation is 2.